The zero-order valence-corrected chi connectivity index (χ0v) is 14.6. The fourth-order valence-corrected chi connectivity index (χ4v) is 2.60. The smallest absolute Gasteiger partial charge is 0.471 e. The highest BCUT2D eigenvalue weighted by molar-refractivity contribution is 9.10. The number of hydrogen-bond acceptors (Lipinski definition) is 2. The van der Waals surface area contributed by atoms with Crippen LogP contribution in [0.15, 0.2) is 46.9 Å². The van der Waals surface area contributed by atoms with E-state index in [9.17, 15) is 27.2 Å². The van der Waals surface area contributed by atoms with Gasteiger partial charge in [-0.15, -0.1) is 0 Å². The minimum Gasteiger partial charge on any atom is -0.481 e. The predicted octanol–water partition coefficient (Wildman–Crippen LogP) is 4.31. The van der Waals surface area contributed by atoms with Crippen molar-refractivity contribution in [2.75, 3.05) is 4.90 Å². The first kappa shape index (κ1) is 19.9. The maximum Gasteiger partial charge on any atom is 0.471 e. The van der Waals surface area contributed by atoms with E-state index >= 15 is 0 Å². The Hall–Kier alpha value is -2.42. The Morgan fingerprint density at radius 1 is 1.12 bits per heavy atom. The van der Waals surface area contributed by atoms with E-state index in [1.807, 2.05) is 0 Å². The molecule has 0 saturated carbocycles. The van der Waals surface area contributed by atoms with E-state index in [0.29, 0.717) is 9.37 Å². The molecule has 4 nitrogen and oxygen atoms in total. The van der Waals surface area contributed by atoms with Gasteiger partial charge in [0.25, 0.3) is 0 Å². The zero-order valence-electron chi connectivity index (χ0n) is 13.1. The fourth-order valence-electron chi connectivity index (χ4n) is 2.26. The standard InChI is InChI=1S/C17H12BrF4NO3/c18-12-5-4-11(14(19)8-12)9-23(16(26)17(20,21)22)13-3-1-2-10(6-13)7-15(24)25/h1-6,8H,7,9H2,(H,24,25). The average molecular weight is 434 g/mol. The molecule has 0 aliphatic carbocycles. The predicted molar refractivity (Wildman–Crippen MR) is 89.1 cm³/mol. The van der Waals surface area contributed by atoms with Crippen LogP contribution in [0.25, 0.3) is 0 Å². The molecule has 138 valence electrons. The molecule has 2 aromatic rings. The topological polar surface area (TPSA) is 57.6 Å². The van der Waals surface area contributed by atoms with Gasteiger partial charge >= 0.3 is 18.1 Å². The maximum absolute atomic E-state index is 14.0. The number of carbonyl (C=O) groups excluding carboxylic acids is 1. The Morgan fingerprint density at radius 3 is 2.38 bits per heavy atom. The van der Waals surface area contributed by atoms with Crippen molar-refractivity contribution in [3.05, 3.63) is 63.9 Å². The second-order valence-electron chi connectivity index (χ2n) is 5.37. The van der Waals surface area contributed by atoms with E-state index in [1.54, 1.807) is 0 Å². The lowest BCUT2D eigenvalue weighted by molar-refractivity contribution is -0.170. The molecule has 26 heavy (non-hydrogen) atoms. The van der Waals surface area contributed by atoms with Crippen LogP contribution in [-0.2, 0) is 22.6 Å². The van der Waals surface area contributed by atoms with Gasteiger partial charge in [0.05, 0.1) is 13.0 Å². The van der Waals surface area contributed by atoms with Crippen molar-refractivity contribution in [3.63, 3.8) is 0 Å². The molecule has 0 bridgehead atoms. The Labute approximate surface area is 154 Å². The quantitative estimate of drug-likeness (QED) is 0.714. The molecule has 0 spiro atoms. The third-order valence-electron chi connectivity index (χ3n) is 3.41. The molecular formula is C17H12BrF4NO3. The summed E-state index contributed by atoms with van der Waals surface area (Å²) in [6.45, 7) is -0.659. The van der Waals surface area contributed by atoms with Crippen molar-refractivity contribution < 1.29 is 32.3 Å². The lowest BCUT2D eigenvalue weighted by Gasteiger charge is -2.24. The van der Waals surface area contributed by atoms with Crippen molar-refractivity contribution >= 4 is 33.5 Å². The molecule has 0 aliphatic rings. The van der Waals surface area contributed by atoms with Gasteiger partial charge in [-0.25, -0.2) is 4.39 Å². The van der Waals surface area contributed by atoms with Gasteiger partial charge in [-0.05, 0) is 29.8 Å². The minimum absolute atomic E-state index is 0.116. The van der Waals surface area contributed by atoms with Crippen LogP contribution >= 0.6 is 15.9 Å². The van der Waals surface area contributed by atoms with E-state index < -0.39 is 36.8 Å². The summed E-state index contributed by atoms with van der Waals surface area (Å²) < 4.78 is 53.3. The second kappa shape index (κ2) is 7.86. The Kier molecular flexibility index (Phi) is 6.01. The molecule has 1 amide bonds. The van der Waals surface area contributed by atoms with Crippen LogP contribution in [0.4, 0.5) is 23.2 Å². The summed E-state index contributed by atoms with van der Waals surface area (Å²) in [5.41, 5.74) is -0.0749. The van der Waals surface area contributed by atoms with Gasteiger partial charge in [-0.3, -0.25) is 9.59 Å². The zero-order chi connectivity index (χ0) is 19.5. The van der Waals surface area contributed by atoms with Crippen LogP contribution < -0.4 is 4.90 Å². The van der Waals surface area contributed by atoms with Crippen LogP contribution in [0, 0.1) is 5.82 Å². The lowest BCUT2D eigenvalue weighted by Crippen LogP contribution is -2.41. The number of rotatable bonds is 5. The average Bonchev–Trinajstić information content (AvgIpc) is 2.52. The fraction of sp³-hybridized carbons (Fsp3) is 0.176. The van der Waals surface area contributed by atoms with Crippen LogP contribution in [0.3, 0.4) is 0 Å². The molecule has 0 saturated heterocycles. The van der Waals surface area contributed by atoms with Gasteiger partial charge in [0.15, 0.2) is 0 Å². The Balaban J connectivity index is 2.44. The van der Waals surface area contributed by atoms with Crippen molar-refractivity contribution in [2.45, 2.75) is 19.1 Å². The number of benzene rings is 2. The van der Waals surface area contributed by atoms with E-state index in [-0.39, 0.29) is 16.8 Å². The van der Waals surface area contributed by atoms with Crippen molar-refractivity contribution in [1.29, 1.82) is 0 Å². The van der Waals surface area contributed by atoms with Gasteiger partial charge in [0, 0.05) is 15.7 Å². The molecule has 0 aromatic heterocycles. The number of hydrogen-bond donors (Lipinski definition) is 1. The minimum atomic E-state index is -5.17. The SMILES string of the molecule is O=C(O)Cc1cccc(N(Cc2ccc(Br)cc2F)C(=O)C(F)(F)F)c1. The lowest BCUT2D eigenvalue weighted by atomic mass is 10.1. The maximum atomic E-state index is 14.0. The first-order valence-corrected chi connectivity index (χ1v) is 8.00. The van der Waals surface area contributed by atoms with Crippen LogP contribution in [0.5, 0.6) is 0 Å². The summed E-state index contributed by atoms with van der Waals surface area (Å²) in [7, 11) is 0. The summed E-state index contributed by atoms with van der Waals surface area (Å²) in [5.74, 6) is -4.12. The molecular weight excluding hydrogens is 422 g/mol. The highest BCUT2D eigenvalue weighted by Gasteiger charge is 2.43. The summed E-state index contributed by atoms with van der Waals surface area (Å²) in [6, 6.07) is 8.91. The number of alkyl halides is 3. The van der Waals surface area contributed by atoms with Gasteiger partial charge in [0.1, 0.15) is 5.82 Å². The molecule has 0 atom stereocenters. The number of nitrogens with zero attached hydrogens (tertiary/aromatic N) is 1. The van der Waals surface area contributed by atoms with E-state index in [4.69, 9.17) is 5.11 Å². The first-order chi connectivity index (χ1) is 12.1. The van der Waals surface area contributed by atoms with Gasteiger partial charge in [0.2, 0.25) is 0 Å². The molecule has 2 aromatic carbocycles. The third kappa shape index (κ3) is 5.04. The summed E-state index contributed by atoms with van der Waals surface area (Å²) >= 11 is 3.04. The molecule has 0 radical (unpaired) electrons. The first-order valence-electron chi connectivity index (χ1n) is 7.21. The number of carboxylic acid groups (broad SMARTS) is 1. The van der Waals surface area contributed by atoms with Gasteiger partial charge < -0.3 is 10.0 Å². The molecule has 0 fully saturated rings. The van der Waals surface area contributed by atoms with Gasteiger partial charge in [-0.1, -0.05) is 34.1 Å². The second-order valence-corrected chi connectivity index (χ2v) is 6.28. The van der Waals surface area contributed by atoms with E-state index in [2.05, 4.69) is 15.9 Å². The summed E-state index contributed by atoms with van der Waals surface area (Å²) in [6.07, 6.45) is -5.59. The van der Waals surface area contributed by atoms with Crippen LogP contribution in [0.1, 0.15) is 11.1 Å². The molecule has 2 rings (SSSR count). The Bertz CT molecular complexity index is 839. The van der Waals surface area contributed by atoms with Crippen molar-refractivity contribution in [1.82, 2.24) is 0 Å². The highest BCUT2D eigenvalue weighted by atomic mass is 79.9. The number of carboxylic acids is 1. The number of amides is 1. The van der Waals surface area contributed by atoms with Gasteiger partial charge in [-0.2, -0.15) is 13.2 Å². The molecule has 0 heterocycles. The molecule has 1 N–H and O–H groups in total. The third-order valence-corrected chi connectivity index (χ3v) is 3.90. The molecule has 0 aliphatic heterocycles. The van der Waals surface area contributed by atoms with E-state index in [1.165, 1.54) is 30.3 Å². The number of halogens is 5. The van der Waals surface area contributed by atoms with Crippen molar-refractivity contribution in [3.8, 4) is 0 Å². The number of anilines is 1. The summed E-state index contributed by atoms with van der Waals surface area (Å²) in [5, 5.41) is 8.82. The monoisotopic (exact) mass is 433 g/mol. The summed E-state index contributed by atoms with van der Waals surface area (Å²) in [4.78, 5) is 23.0. The largest absolute Gasteiger partial charge is 0.481 e. The van der Waals surface area contributed by atoms with Crippen LogP contribution in [-0.4, -0.2) is 23.2 Å². The number of carbonyl (C=O) groups is 2. The normalized spacial score (nSPS) is 11.3. The van der Waals surface area contributed by atoms with Crippen molar-refractivity contribution in [2.24, 2.45) is 0 Å². The molecule has 9 heteroatoms. The molecule has 0 unspecified atom stereocenters. The van der Waals surface area contributed by atoms with Crippen LogP contribution in [0.2, 0.25) is 0 Å². The highest BCUT2D eigenvalue weighted by Crippen LogP contribution is 2.27. The van der Waals surface area contributed by atoms with E-state index in [0.717, 1.165) is 12.1 Å². The number of aliphatic carboxylic acids is 1. The Morgan fingerprint density at radius 2 is 1.81 bits per heavy atom.